The number of nitrogens with zero attached hydrogens (tertiary/aromatic N) is 3. The molecule has 0 aliphatic carbocycles. The number of nitrogens with one attached hydrogen (secondary N) is 1. The first-order valence-electron chi connectivity index (χ1n) is 8.64. The Morgan fingerprint density at radius 1 is 1.14 bits per heavy atom. The third-order valence-corrected chi connectivity index (χ3v) is 7.11. The minimum Gasteiger partial charge on any atom is -0.326 e. The fraction of sp³-hybridized carbons (Fsp3) is 0.211. The fourth-order valence-electron chi connectivity index (χ4n) is 2.70. The van der Waals surface area contributed by atoms with E-state index in [2.05, 4.69) is 10.3 Å². The zero-order valence-corrected chi connectivity index (χ0v) is 17.8. The number of carbonyl (C=O) groups excluding carboxylic acids is 2. The van der Waals surface area contributed by atoms with E-state index in [1.807, 2.05) is 31.3 Å². The Morgan fingerprint density at radius 2 is 1.79 bits per heavy atom. The van der Waals surface area contributed by atoms with Gasteiger partial charge in [-0.1, -0.05) is 23.5 Å². The molecule has 3 aromatic rings. The van der Waals surface area contributed by atoms with Gasteiger partial charge in [-0.3, -0.25) is 9.59 Å². The Bertz CT molecular complexity index is 1240. The molecule has 0 saturated carbocycles. The van der Waals surface area contributed by atoms with E-state index in [9.17, 15) is 18.0 Å². The van der Waals surface area contributed by atoms with E-state index in [4.69, 9.17) is 0 Å². The van der Waals surface area contributed by atoms with Crippen LogP contribution in [0.4, 0.5) is 5.69 Å². The summed E-state index contributed by atoms with van der Waals surface area (Å²) >= 11 is 1.36. The molecule has 1 aromatic heterocycles. The second-order valence-corrected chi connectivity index (χ2v) is 9.44. The number of fused-ring (bicyclic) bond motifs is 1. The van der Waals surface area contributed by atoms with E-state index >= 15 is 0 Å². The molecule has 0 unspecified atom stereocenters. The van der Waals surface area contributed by atoms with Crippen molar-refractivity contribution in [2.75, 3.05) is 18.9 Å². The van der Waals surface area contributed by atoms with Gasteiger partial charge in [-0.25, -0.2) is 8.42 Å². The lowest BCUT2D eigenvalue weighted by Gasteiger charge is -2.15. The molecule has 29 heavy (non-hydrogen) atoms. The van der Waals surface area contributed by atoms with E-state index in [1.165, 1.54) is 49.6 Å². The number of benzene rings is 2. The number of aryl methyl sites for hydroxylation is 1. The molecule has 0 saturated heterocycles. The monoisotopic (exact) mass is 432 g/mol. The van der Waals surface area contributed by atoms with Crippen LogP contribution in [-0.4, -0.2) is 42.7 Å². The summed E-state index contributed by atoms with van der Waals surface area (Å²) in [5.74, 6) is -0.813. The van der Waals surface area contributed by atoms with Crippen molar-refractivity contribution >= 4 is 49.1 Å². The summed E-state index contributed by atoms with van der Waals surface area (Å²) < 4.78 is 29.2. The summed E-state index contributed by atoms with van der Waals surface area (Å²) in [7, 11) is -0.734. The average Bonchev–Trinajstić information content (AvgIpc) is 2.97. The highest BCUT2D eigenvalue weighted by atomic mass is 32.2. The Kier molecular flexibility index (Phi) is 5.96. The van der Waals surface area contributed by atoms with Gasteiger partial charge in [0.2, 0.25) is 15.9 Å². The lowest BCUT2D eigenvalue weighted by Crippen LogP contribution is -2.32. The van der Waals surface area contributed by atoms with Gasteiger partial charge < -0.3 is 9.88 Å². The predicted molar refractivity (Wildman–Crippen MR) is 112 cm³/mol. The molecule has 0 spiro atoms. The largest absolute Gasteiger partial charge is 0.326 e. The first kappa shape index (κ1) is 20.9. The van der Waals surface area contributed by atoms with E-state index < -0.39 is 15.9 Å². The molecule has 0 aliphatic heterocycles. The van der Waals surface area contributed by atoms with Crippen molar-refractivity contribution in [2.24, 2.45) is 12.0 Å². The topological polar surface area (TPSA) is 101 Å². The first-order valence-corrected chi connectivity index (χ1v) is 10.9. The van der Waals surface area contributed by atoms with Crippen LogP contribution in [0.1, 0.15) is 6.92 Å². The molecular weight excluding hydrogens is 412 g/mol. The minimum atomic E-state index is -3.87. The third kappa shape index (κ3) is 4.61. The van der Waals surface area contributed by atoms with Gasteiger partial charge in [-0.15, -0.1) is 0 Å². The number of aromatic nitrogens is 1. The van der Waals surface area contributed by atoms with Crippen LogP contribution < -0.4 is 10.1 Å². The van der Waals surface area contributed by atoms with Crippen molar-refractivity contribution in [2.45, 2.75) is 11.8 Å². The molecule has 0 radical (unpaired) electrons. The lowest BCUT2D eigenvalue weighted by molar-refractivity contribution is -0.118. The van der Waals surface area contributed by atoms with Crippen molar-refractivity contribution in [3.8, 4) is 0 Å². The van der Waals surface area contributed by atoms with Crippen LogP contribution in [0.25, 0.3) is 10.2 Å². The van der Waals surface area contributed by atoms with E-state index in [0.29, 0.717) is 10.5 Å². The minimum absolute atomic E-state index is 0.0225. The summed E-state index contributed by atoms with van der Waals surface area (Å²) in [5, 5.41) is 2.57. The van der Waals surface area contributed by atoms with Gasteiger partial charge in [-0.05, 0) is 36.4 Å². The Balaban J connectivity index is 1.79. The highest BCUT2D eigenvalue weighted by molar-refractivity contribution is 7.89. The van der Waals surface area contributed by atoms with Crippen molar-refractivity contribution in [3.63, 3.8) is 0 Å². The molecule has 152 valence electrons. The number of amides is 2. The second kappa shape index (κ2) is 8.27. The molecule has 0 aliphatic rings. The molecule has 0 fully saturated rings. The van der Waals surface area contributed by atoms with E-state index in [0.717, 1.165) is 14.5 Å². The fourth-order valence-corrected chi connectivity index (χ4v) is 4.86. The highest BCUT2D eigenvalue weighted by Gasteiger charge is 2.23. The van der Waals surface area contributed by atoms with Crippen LogP contribution in [-0.2, 0) is 26.7 Å². The number of carbonyl (C=O) groups is 2. The van der Waals surface area contributed by atoms with Crippen LogP contribution >= 0.6 is 11.3 Å². The van der Waals surface area contributed by atoms with Gasteiger partial charge in [0.15, 0.2) is 4.80 Å². The van der Waals surface area contributed by atoms with E-state index in [1.54, 1.807) is 4.57 Å². The molecule has 2 amide bonds. The molecule has 0 atom stereocenters. The van der Waals surface area contributed by atoms with Crippen molar-refractivity contribution in [1.82, 2.24) is 8.87 Å². The van der Waals surface area contributed by atoms with Gasteiger partial charge in [0.25, 0.3) is 5.91 Å². The molecular formula is C19H20N4O4S2. The standard InChI is InChI=1S/C19H20N4O4S2/c1-13(24)20-14-8-10-15(11-9-14)29(26,27)22(2)12-18(25)21-19-23(3)16-6-4-5-7-17(16)28-19/h4-11H,12H2,1-3H3,(H,20,24). The Labute approximate surface area is 172 Å². The number of hydrogen-bond donors (Lipinski definition) is 1. The van der Waals surface area contributed by atoms with Crippen molar-refractivity contribution in [3.05, 3.63) is 53.3 Å². The maximum atomic E-state index is 12.7. The number of hydrogen-bond acceptors (Lipinski definition) is 5. The summed E-state index contributed by atoms with van der Waals surface area (Å²) in [6.45, 7) is 0.980. The molecule has 8 nitrogen and oxygen atoms in total. The van der Waals surface area contributed by atoms with Gasteiger partial charge in [0.1, 0.15) is 0 Å². The van der Waals surface area contributed by atoms with Gasteiger partial charge >= 0.3 is 0 Å². The molecule has 3 rings (SSSR count). The van der Waals surface area contributed by atoms with Crippen LogP contribution in [0.2, 0.25) is 0 Å². The maximum Gasteiger partial charge on any atom is 0.263 e. The van der Waals surface area contributed by atoms with Crippen LogP contribution in [0, 0.1) is 0 Å². The highest BCUT2D eigenvalue weighted by Crippen LogP contribution is 2.18. The quantitative estimate of drug-likeness (QED) is 0.666. The molecule has 0 bridgehead atoms. The zero-order chi connectivity index (χ0) is 21.2. The number of likely N-dealkylation sites (N-methyl/N-ethyl adjacent to an activating group) is 1. The van der Waals surface area contributed by atoms with Gasteiger partial charge in [-0.2, -0.15) is 9.30 Å². The molecule has 10 heteroatoms. The van der Waals surface area contributed by atoms with Gasteiger partial charge in [0.05, 0.1) is 21.7 Å². The number of sulfonamides is 1. The van der Waals surface area contributed by atoms with Crippen LogP contribution in [0.3, 0.4) is 0 Å². The Morgan fingerprint density at radius 3 is 2.41 bits per heavy atom. The first-order chi connectivity index (χ1) is 13.7. The molecule has 1 N–H and O–H groups in total. The average molecular weight is 433 g/mol. The van der Waals surface area contributed by atoms with Crippen LogP contribution in [0.15, 0.2) is 58.4 Å². The smallest absolute Gasteiger partial charge is 0.263 e. The summed E-state index contributed by atoms with van der Waals surface area (Å²) in [5.41, 5.74) is 1.44. The number of para-hydroxylation sites is 1. The number of thiazole rings is 1. The van der Waals surface area contributed by atoms with Gasteiger partial charge in [0, 0.05) is 26.7 Å². The molecule has 2 aromatic carbocycles. The molecule has 1 heterocycles. The summed E-state index contributed by atoms with van der Waals surface area (Å²) in [6.07, 6.45) is 0. The number of rotatable bonds is 5. The van der Waals surface area contributed by atoms with Crippen molar-refractivity contribution < 1.29 is 18.0 Å². The normalized spacial score (nSPS) is 12.5. The SMILES string of the molecule is CC(=O)Nc1ccc(S(=O)(=O)N(C)CC(=O)N=c2sc3ccccc3n2C)cc1. The number of anilines is 1. The third-order valence-electron chi connectivity index (χ3n) is 4.18. The maximum absolute atomic E-state index is 12.7. The van der Waals surface area contributed by atoms with E-state index in [-0.39, 0.29) is 17.3 Å². The summed E-state index contributed by atoms with van der Waals surface area (Å²) in [4.78, 5) is 28.1. The van der Waals surface area contributed by atoms with Crippen molar-refractivity contribution in [1.29, 1.82) is 0 Å². The Hall–Kier alpha value is -2.82. The zero-order valence-electron chi connectivity index (χ0n) is 16.1. The lowest BCUT2D eigenvalue weighted by atomic mass is 10.3. The predicted octanol–water partition coefficient (Wildman–Crippen LogP) is 1.95. The second-order valence-electron chi connectivity index (χ2n) is 6.38. The van der Waals surface area contributed by atoms with Crippen LogP contribution in [0.5, 0.6) is 0 Å². The summed E-state index contributed by atoms with van der Waals surface area (Å²) in [6, 6.07) is 13.4.